The third-order valence-electron chi connectivity index (χ3n) is 4.81. The number of hydrogen-bond acceptors (Lipinski definition) is 4. The highest BCUT2D eigenvalue weighted by Crippen LogP contribution is 2.26. The minimum atomic E-state index is -0.320. The predicted octanol–water partition coefficient (Wildman–Crippen LogP) is 3.14. The monoisotopic (exact) mass is 341 g/mol. The van der Waals surface area contributed by atoms with Gasteiger partial charge in [0.2, 0.25) is 0 Å². The van der Waals surface area contributed by atoms with Gasteiger partial charge < -0.3 is 10.2 Å². The topological polar surface area (TPSA) is 56.9 Å². The summed E-state index contributed by atoms with van der Waals surface area (Å²) in [7, 11) is 1.92. The van der Waals surface area contributed by atoms with Crippen LogP contribution in [-0.2, 0) is 7.05 Å². The van der Waals surface area contributed by atoms with Crippen molar-refractivity contribution in [3.63, 3.8) is 0 Å². The van der Waals surface area contributed by atoms with Gasteiger partial charge in [-0.15, -0.1) is 0 Å². The second-order valence-electron chi connectivity index (χ2n) is 6.64. The van der Waals surface area contributed by atoms with E-state index in [0.717, 1.165) is 32.4 Å². The molecule has 0 bridgehead atoms. The van der Waals surface area contributed by atoms with Crippen molar-refractivity contribution >= 4 is 5.69 Å². The van der Waals surface area contributed by atoms with Crippen molar-refractivity contribution < 1.29 is 4.39 Å². The third kappa shape index (κ3) is 3.99. The predicted molar refractivity (Wildman–Crippen MR) is 95.7 cm³/mol. The van der Waals surface area contributed by atoms with E-state index in [1.165, 1.54) is 11.6 Å². The number of piperidine rings is 1. The summed E-state index contributed by atoms with van der Waals surface area (Å²) in [6.07, 6.45) is 7.02. The van der Waals surface area contributed by atoms with Crippen LogP contribution in [0.2, 0.25) is 0 Å². The Morgan fingerprint density at radius 1 is 1.48 bits per heavy atom. The lowest BCUT2D eigenvalue weighted by molar-refractivity contribution is 0.370. The van der Waals surface area contributed by atoms with Crippen molar-refractivity contribution in [2.75, 3.05) is 18.0 Å². The molecule has 1 aliphatic rings. The van der Waals surface area contributed by atoms with Gasteiger partial charge in [-0.1, -0.05) is 6.92 Å². The SMILES string of the molecule is CC[C@@H](N[C@@H]1CCCN(c2ccc(C#N)cc2F)C1)c1cnn(C)c1. The van der Waals surface area contributed by atoms with Gasteiger partial charge >= 0.3 is 0 Å². The highest BCUT2D eigenvalue weighted by Gasteiger charge is 2.24. The molecule has 0 saturated carbocycles. The van der Waals surface area contributed by atoms with Gasteiger partial charge in [0.15, 0.2) is 0 Å². The third-order valence-corrected chi connectivity index (χ3v) is 4.81. The molecule has 0 aliphatic carbocycles. The van der Waals surface area contributed by atoms with Gasteiger partial charge in [0.25, 0.3) is 0 Å². The number of benzene rings is 1. The molecule has 0 spiro atoms. The first-order chi connectivity index (χ1) is 12.1. The molecule has 3 rings (SSSR count). The van der Waals surface area contributed by atoms with Gasteiger partial charge in [0.1, 0.15) is 5.82 Å². The summed E-state index contributed by atoms with van der Waals surface area (Å²) in [5.41, 5.74) is 2.13. The maximum atomic E-state index is 14.3. The molecule has 2 aromatic rings. The summed E-state index contributed by atoms with van der Waals surface area (Å²) < 4.78 is 16.1. The van der Waals surface area contributed by atoms with Crippen LogP contribution in [0, 0.1) is 17.1 Å². The van der Waals surface area contributed by atoms with Crippen LogP contribution in [-0.4, -0.2) is 28.9 Å². The van der Waals surface area contributed by atoms with E-state index in [0.29, 0.717) is 17.3 Å². The molecule has 25 heavy (non-hydrogen) atoms. The average molecular weight is 341 g/mol. The molecule has 1 aromatic carbocycles. The van der Waals surface area contributed by atoms with Gasteiger partial charge in [-0.05, 0) is 37.5 Å². The van der Waals surface area contributed by atoms with E-state index in [2.05, 4.69) is 22.2 Å². The zero-order valence-corrected chi connectivity index (χ0v) is 14.7. The van der Waals surface area contributed by atoms with Crippen molar-refractivity contribution in [2.24, 2.45) is 7.05 Å². The molecule has 1 fully saturated rings. The number of aryl methyl sites for hydroxylation is 1. The zero-order valence-electron chi connectivity index (χ0n) is 14.7. The Labute approximate surface area is 148 Å². The van der Waals surface area contributed by atoms with Crippen LogP contribution in [0.5, 0.6) is 0 Å². The number of aromatic nitrogens is 2. The summed E-state index contributed by atoms with van der Waals surface area (Å²) in [6, 6.07) is 7.25. The molecule has 6 heteroatoms. The Bertz CT molecular complexity index is 763. The summed E-state index contributed by atoms with van der Waals surface area (Å²) in [5, 5.41) is 16.9. The van der Waals surface area contributed by atoms with E-state index in [1.807, 2.05) is 30.2 Å². The van der Waals surface area contributed by atoms with E-state index in [9.17, 15) is 4.39 Å². The molecule has 0 radical (unpaired) electrons. The molecule has 2 atom stereocenters. The summed E-state index contributed by atoms with van der Waals surface area (Å²) >= 11 is 0. The number of nitrogens with zero attached hydrogens (tertiary/aromatic N) is 4. The van der Waals surface area contributed by atoms with Crippen molar-refractivity contribution in [1.82, 2.24) is 15.1 Å². The van der Waals surface area contributed by atoms with Crippen LogP contribution >= 0.6 is 0 Å². The highest BCUT2D eigenvalue weighted by molar-refractivity contribution is 5.51. The van der Waals surface area contributed by atoms with E-state index >= 15 is 0 Å². The Balaban J connectivity index is 1.69. The van der Waals surface area contributed by atoms with Gasteiger partial charge in [-0.3, -0.25) is 4.68 Å². The smallest absolute Gasteiger partial charge is 0.147 e. The first-order valence-corrected chi connectivity index (χ1v) is 8.80. The zero-order chi connectivity index (χ0) is 17.8. The second kappa shape index (κ2) is 7.66. The van der Waals surface area contributed by atoms with E-state index in [1.54, 1.807) is 12.1 Å². The molecule has 1 N–H and O–H groups in total. The average Bonchev–Trinajstić information content (AvgIpc) is 3.06. The fourth-order valence-electron chi connectivity index (χ4n) is 3.52. The maximum absolute atomic E-state index is 14.3. The van der Waals surface area contributed by atoms with Gasteiger partial charge in [-0.25, -0.2) is 4.39 Å². The Morgan fingerprint density at radius 3 is 2.96 bits per heavy atom. The normalized spacial score (nSPS) is 18.8. The number of anilines is 1. The van der Waals surface area contributed by atoms with Crippen molar-refractivity contribution in [3.8, 4) is 6.07 Å². The maximum Gasteiger partial charge on any atom is 0.147 e. The van der Waals surface area contributed by atoms with Crippen LogP contribution < -0.4 is 10.2 Å². The number of nitriles is 1. The van der Waals surface area contributed by atoms with Crippen molar-refractivity contribution in [2.45, 2.75) is 38.3 Å². The van der Waals surface area contributed by atoms with Crippen LogP contribution in [0.25, 0.3) is 0 Å². The standard InChI is InChI=1S/C19H24FN5/c1-3-18(15-11-22-24(2)12-15)23-16-5-4-8-25(13-16)19-7-6-14(10-21)9-17(19)20/h6-7,9,11-12,16,18,23H,3-5,8,13H2,1-2H3/t16-,18-/m1/s1. The van der Waals surface area contributed by atoms with Crippen molar-refractivity contribution in [1.29, 1.82) is 5.26 Å². The quantitative estimate of drug-likeness (QED) is 0.908. The number of rotatable bonds is 5. The van der Waals surface area contributed by atoms with E-state index in [4.69, 9.17) is 5.26 Å². The second-order valence-corrected chi connectivity index (χ2v) is 6.64. The fraction of sp³-hybridized carbons (Fsp3) is 0.474. The van der Waals surface area contributed by atoms with Gasteiger partial charge in [0, 0.05) is 44.0 Å². The molecule has 0 amide bonds. The summed E-state index contributed by atoms with van der Waals surface area (Å²) in [4.78, 5) is 2.08. The molecular weight excluding hydrogens is 317 g/mol. The summed E-state index contributed by atoms with van der Waals surface area (Å²) in [6.45, 7) is 3.76. The Kier molecular flexibility index (Phi) is 5.34. The molecular formula is C19H24FN5. The van der Waals surface area contributed by atoms with Gasteiger partial charge in [-0.2, -0.15) is 10.4 Å². The largest absolute Gasteiger partial charge is 0.368 e. The fourth-order valence-corrected chi connectivity index (χ4v) is 3.52. The lowest BCUT2D eigenvalue weighted by Crippen LogP contribution is -2.47. The minimum Gasteiger partial charge on any atom is -0.368 e. The first kappa shape index (κ1) is 17.4. The van der Waals surface area contributed by atoms with Gasteiger partial charge in [0.05, 0.1) is 23.5 Å². The number of halogens is 1. The van der Waals surface area contributed by atoms with E-state index < -0.39 is 0 Å². The van der Waals surface area contributed by atoms with Crippen LogP contribution in [0.4, 0.5) is 10.1 Å². The highest BCUT2D eigenvalue weighted by atomic mass is 19.1. The van der Waals surface area contributed by atoms with E-state index in [-0.39, 0.29) is 11.9 Å². The van der Waals surface area contributed by atoms with Crippen LogP contribution in [0.15, 0.2) is 30.6 Å². The lowest BCUT2D eigenvalue weighted by Gasteiger charge is -2.36. The molecule has 5 nitrogen and oxygen atoms in total. The summed E-state index contributed by atoms with van der Waals surface area (Å²) in [5.74, 6) is -0.320. The molecule has 2 heterocycles. The molecule has 132 valence electrons. The Hall–Kier alpha value is -2.39. The minimum absolute atomic E-state index is 0.254. The number of hydrogen-bond donors (Lipinski definition) is 1. The van der Waals surface area contributed by atoms with Crippen LogP contribution in [0.1, 0.15) is 43.4 Å². The number of nitrogens with one attached hydrogen (secondary N) is 1. The van der Waals surface area contributed by atoms with Crippen LogP contribution in [0.3, 0.4) is 0 Å². The van der Waals surface area contributed by atoms with Crippen molar-refractivity contribution in [3.05, 3.63) is 47.5 Å². The first-order valence-electron chi connectivity index (χ1n) is 8.80. The Morgan fingerprint density at radius 2 is 2.32 bits per heavy atom. The molecule has 1 aliphatic heterocycles. The molecule has 1 aromatic heterocycles. The molecule has 1 saturated heterocycles. The molecule has 0 unspecified atom stereocenters. The lowest BCUT2D eigenvalue weighted by atomic mass is 10.0.